The van der Waals surface area contributed by atoms with Crippen LogP contribution in [0.2, 0.25) is 0 Å². The minimum atomic E-state index is -0.730. The van der Waals surface area contributed by atoms with Gasteiger partial charge in [0.2, 0.25) is 0 Å². The van der Waals surface area contributed by atoms with Gasteiger partial charge in [-0.2, -0.15) is 0 Å². The minimum Gasteiger partial charge on any atom is -0.462 e. The Kier molecular flexibility index (Phi) is 6.78. The van der Waals surface area contributed by atoms with E-state index in [1.54, 1.807) is 0 Å². The standard InChI is InChI=1S/C30H46O6/c1-17(32)26-20(16-31)30(8)24(14-21(26)35-18(2)33)29(7)13-10-22-27(4,5)11-9-12-28(22,6)23(29)15-25(30)36-19(3)34/h16,20-26H,9-15H2,1-8H3/t20-,21-,22-,23+,24-,25-,26-,28-,29+,30+/m0/s1. The van der Waals surface area contributed by atoms with Gasteiger partial charge in [-0.3, -0.25) is 14.4 Å². The van der Waals surface area contributed by atoms with Gasteiger partial charge >= 0.3 is 11.9 Å². The molecular formula is C30H46O6. The Hall–Kier alpha value is -1.72. The second kappa shape index (κ2) is 8.94. The second-order valence-corrected chi connectivity index (χ2v) is 13.9. The van der Waals surface area contributed by atoms with E-state index in [0.717, 1.165) is 25.5 Å². The molecule has 6 heteroatoms. The summed E-state index contributed by atoms with van der Waals surface area (Å²) < 4.78 is 11.9. The molecule has 4 aliphatic rings. The van der Waals surface area contributed by atoms with Crippen LogP contribution in [-0.4, -0.2) is 36.2 Å². The van der Waals surface area contributed by atoms with Gasteiger partial charge in [-0.1, -0.05) is 41.0 Å². The van der Waals surface area contributed by atoms with E-state index >= 15 is 0 Å². The van der Waals surface area contributed by atoms with E-state index in [1.165, 1.54) is 33.6 Å². The van der Waals surface area contributed by atoms with Crippen molar-refractivity contribution in [2.24, 2.45) is 51.2 Å². The Labute approximate surface area is 216 Å². The summed E-state index contributed by atoms with van der Waals surface area (Å²) in [6.45, 7) is 16.0. The van der Waals surface area contributed by atoms with Crippen molar-refractivity contribution in [2.75, 3.05) is 0 Å². The van der Waals surface area contributed by atoms with Gasteiger partial charge in [0.1, 0.15) is 24.3 Å². The van der Waals surface area contributed by atoms with Crippen LogP contribution in [0.1, 0.15) is 100 Å². The summed E-state index contributed by atoms with van der Waals surface area (Å²) in [6, 6.07) is 0. The molecule has 0 spiro atoms. The first-order valence-electron chi connectivity index (χ1n) is 13.9. The highest BCUT2D eigenvalue weighted by atomic mass is 16.5. The normalized spacial score (nSPS) is 47.4. The first-order valence-corrected chi connectivity index (χ1v) is 13.9. The van der Waals surface area contributed by atoms with Crippen LogP contribution < -0.4 is 0 Å². The number of ketones is 1. The molecular weight excluding hydrogens is 456 g/mol. The fraction of sp³-hybridized carbons (Fsp3) is 0.867. The van der Waals surface area contributed by atoms with Crippen LogP contribution in [0.5, 0.6) is 0 Å². The van der Waals surface area contributed by atoms with E-state index in [2.05, 4.69) is 34.6 Å². The largest absolute Gasteiger partial charge is 0.462 e. The maximum absolute atomic E-state index is 12.9. The first kappa shape index (κ1) is 27.3. The molecule has 10 atom stereocenters. The lowest BCUT2D eigenvalue weighted by Gasteiger charge is -2.71. The Balaban J connectivity index is 1.88. The molecule has 4 saturated carbocycles. The van der Waals surface area contributed by atoms with Crippen molar-refractivity contribution < 1.29 is 28.7 Å². The molecule has 0 aromatic rings. The smallest absolute Gasteiger partial charge is 0.302 e. The van der Waals surface area contributed by atoms with Crippen LogP contribution in [0.3, 0.4) is 0 Å². The van der Waals surface area contributed by atoms with Crippen molar-refractivity contribution in [1.29, 1.82) is 0 Å². The summed E-state index contributed by atoms with van der Waals surface area (Å²) in [4.78, 5) is 50.2. The van der Waals surface area contributed by atoms with E-state index in [9.17, 15) is 19.2 Å². The SMILES string of the molecule is CC(=O)O[C@H]1C[C@H]2[C@]3(C)CC[C@H]4C(C)(C)CCC[C@]4(C)[C@H]3C[C@H](OC(C)=O)[C@]2(C)[C@@H](C=O)[C@@H]1C(C)=O. The summed E-state index contributed by atoms with van der Waals surface area (Å²) in [7, 11) is 0. The van der Waals surface area contributed by atoms with Gasteiger partial charge in [-0.25, -0.2) is 0 Å². The number of carbonyl (C=O) groups is 4. The fourth-order valence-electron chi connectivity index (χ4n) is 10.5. The minimum absolute atomic E-state index is 0.0222. The third-order valence-corrected chi connectivity index (χ3v) is 11.7. The Morgan fingerprint density at radius 3 is 1.94 bits per heavy atom. The van der Waals surface area contributed by atoms with Crippen molar-refractivity contribution in [3.8, 4) is 0 Å². The monoisotopic (exact) mass is 502 g/mol. The number of ether oxygens (including phenoxy) is 2. The maximum Gasteiger partial charge on any atom is 0.302 e. The van der Waals surface area contributed by atoms with Crippen LogP contribution >= 0.6 is 0 Å². The average Bonchev–Trinajstić information content (AvgIpc) is 2.73. The molecule has 0 bridgehead atoms. The number of hydrogen-bond acceptors (Lipinski definition) is 6. The van der Waals surface area contributed by atoms with Crippen LogP contribution in [0.15, 0.2) is 0 Å². The van der Waals surface area contributed by atoms with Crippen LogP contribution in [0.25, 0.3) is 0 Å². The van der Waals surface area contributed by atoms with Crippen molar-refractivity contribution in [3.63, 3.8) is 0 Å². The molecule has 4 rings (SSSR count). The lowest BCUT2D eigenvalue weighted by molar-refractivity contribution is -0.262. The third kappa shape index (κ3) is 3.88. The number of esters is 2. The first-order chi connectivity index (χ1) is 16.6. The Morgan fingerprint density at radius 1 is 0.778 bits per heavy atom. The van der Waals surface area contributed by atoms with Gasteiger partial charge in [0, 0.05) is 25.2 Å². The van der Waals surface area contributed by atoms with Gasteiger partial charge in [0.25, 0.3) is 0 Å². The van der Waals surface area contributed by atoms with Gasteiger partial charge in [0.15, 0.2) is 0 Å². The summed E-state index contributed by atoms with van der Waals surface area (Å²) in [6.07, 6.45) is 6.71. The number of Topliss-reactive ketones (excluding diaryl/α,β-unsaturated/α-hetero) is 1. The third-order valence-electron chi connectivity index (χ3n) is 11.7. The molecule has 6 nitrogen and oxygen atoms in total. The van der Waals surface area contributed by atoms with Crippen LogP contribution in [0.4, 0.5) is 0 Å². The molecule has 4 fully saturated rings. The molecule has 0 aliphatic heterocycles. The number of hydrogen-bond donors (Lipinski definition) is 0. The van der Waals surface area contributed by atoms with Gasteiger partial charge in [-0.15, -0.1) is 0 Å². The Bertz CT molecular complexity index is 940. The van der Waals surface area contributed by atoms with Crippen molar-refractivity contribution in [1.82, 2.24) is 0 Å². The lowest BCUT2D eigenvalue weighted by Crippen LogP contribution is -2.70. The lowest BCUT2D eigenvalue weighted by atomic mass is 9.34. The molecule has 0 heterocycles. The number of rotatable bonds is 4. The molecule has 0 N–H and O–H groups in total. The zero-order chi connectivity index (χ0) is 26.8. The molecule has 0 radical (unpaired) electrons. The molecule has 0 saturated heterocycles. The average molecular weight is 503 g/mol. The van der Waals surface area contributed by atoms with E-state index in [0.29, 0.717) is 24.7 Å². The number of aldehydes is 1. The fourth-order valence-corrected chi connectivity index (χ4v) is 10.5. The van der Waals surface area contributed by atoms with Gasteiger partial charge < -0.3 is 14.3 Å². The highest BCUT2D eigenvalue weighted by Gasteiger charge is 2.71. The van der Waals surface area contributed by atoms with E-state index < -0.39 is 35.4 Å². The molecule has 202 valence electrons. The Morgan fingerprint density at radius 2 is 1.39 bits per heavy atom. The topological polar surface area (TPSA) is 86.7 Å². The quantitative estimate of drug-likeness (QED) is 0.370. The second-order valence-electron chi connectivity index (χ2n) is 13.9. The van der Waals surface area contributed by atoms with Crippen molar-refractivity contribution in [3.05, 3.63) is 0 Å². The molecule has 0 amide bonds. The van der Waals surface area contributed by atoms with E-state index in [4.69, 9.17) is 9.47 Å². The molecule has 0 aromatic heterocycles. The van der Waals surface area contributed by atoms with Gasteiger partial charge in [-0.05, 0) is 79.4 Å². The predicted octanol–water partition coefficient (Wildman–Crippen LogP) is 5.55. The maximum atomic E-state index is 12.9. The summed E-state index contributed by atoms with van der Waals surface area (Å²) in [5, 5.41) is 0. The summed E-state index contributed by atoms with van der Waals surface area (Å²) in [5.74, 6) is -1.49. The van der Waals surface area contributed by atoms with Crippen molar-refractivity contribution >= 4 is 24.0 Å². The molecule has 0 aromatic carbocycles. The van der Waals surface area contributed by atoms with E-state index in [-0.39, 0.29) is 33.9 Å². The van der Waals surface area contributed by atoms with Crippen LogP contribution in [0, 0.1) is 51.2 Å². The highest BCUT2D eigenvalue weighted by molar-refractivity contribution is 5.83. The van der Waals surface area contributed by atoms with Crippen molar-refractivity contribution in [2.45, 2.75) is 113 Å². The summed E-state index contributed by atoms with van der Waals surface area (Å²) >= 11 is 0. The van der Waals surface area contributed by atoms with E-state index in [1.807, 2.05) is 0 Å². The summed E-state index contributed by atoms with van der Waals surface area (Å²) in [5.41, 5.74) is -0.478. The number of carbonyl (C=O) groups excluding carboxylic acids is 4. The zero-order valence-electron chi connectivity index (χ0n) is 23.5. The van der Waals surface area contributed by atoms with Crippen LogP contribution in [-0.2, 0) is 28.7 Å². The molecule has 0 unspecified atom stereocenters. The zero-order valence-corrected chi connectivity index (χ0v) is 23.5. The highest BCUT2D eigenvalue weighted by Crippen LogP contribution is 2.73. The van der Waals surface area contributed by atoms with Gasteiger partial charge in [0.05, 0.1) is 5.92 Å². The predicted molar refractivity (Wildman–Crippen MR) is 136 cm³/mol. The molecule has 36 heavy (non-hydrogen) atoms. The molecule has 4 aliphatic carbocycles. The number of fused-ring (bicyclic) bond motifs is 5.